The number of hydrogen-bond donors (Lipinski definition) is 2. The molecule has 1 saturated heterocycles. The fraction of sp³-hybridized carbons (Fsp3) is 0.391. The second kappa shape index (κ2) is 11.1. The van der Waals surface area contributed by atoms with Crippen molar-refractivity contribution in [2.24, 2.45) is 0 Å². The van der Waals surface area contributed by atoms with Gasteiger partial charge in [-0.25, -0.2) is 17.9 Å². The largest absolute Gasteiger partial charge is 0.452 e. The number of anilines is 1. The quantitative estimate of drug-likeness (QED) is 0.514. The van der Waals surface area contributed by atoms with Gasteiger partial charge in [0.05, 0.1) is 16.7 Å². The number of nitrogens with one attached hydrogen (secondary N) is 2. The van der Waals surface area contributed by atoms with E-state index in [-0.39, 0.29) is 28.1 Å². The van der Waals surface area contributed by atoms with Crippen LogP contribution < -0.4 is 10.0 Å². The molecular formula is C23H27ClN2O6S. The Morgan fingerprint density at radius 2 is 2.00 bits per heavy atom. The molecule has 3 rings (SSSR count). The Balaban J connectivity index is 1.60. The van der Waals surface area contributed by atoms with Gasteiger partial charge in [0.1, 0.15) is 4.90 Å². The van der Waals surface area contributed by atoms with Gasteiger partial charge in [0.25, 0.3) is 5.91 Å². The van der Waals surface area contributed by atoms with E-state index < -0.39 is 28.5 Å². The van der Waals surface area contributed by atoms with Crippen molar-refractivity contribution in [3.8, 4) is 0 Å². The van der Waals surface area contributed by atoms with Crippen LogP contribution in [0.1, 0.15) is 48.5 Å². The van der Waals surface area contributed by atoms with E-state index in [0.717, 1.165) is 24.5 Å². The van der Waals surface area contributed by atoms with Crippen LogP contribution in [0.15, 0.2) is 47.4 Å². The number of sulfonamides is 1. The molecule has 0 bridgehead atoms. The van der Waals surface area contributed by atoms with Crippen LogP contribution >= 0.6 is 11.6 Å². The Hall–Kier alpha value is -2.46. The zero-order valence-corrected chi connectivity index (χ0v) is 20.0. The molecule has 1 heterocycles. The van der Waals surface area contributed by atoms with E-state index in [1.807, 2.05) is 32.0 Å². The summed E-state index contributed by atoms with van der Waals surface area (Å²) < 4.78 is 38.3. The molecule has 178 valence electrons. The van der Waals surface area contributed by atoms with E-state index in [4.69, 9.17) is 21.1 Å². The van der Waals surface area contributed by atoms with E-state index in [2.05, 4.69) is 10.0 Å². The molecule has 0 aromatic heterocycles. The Bertz CT molecular complexity index is 1110. The molecule has 2 aromatic rings. The van der Waals surface area contributed by atoms with Crippen LogP contribution in [0.2, 0.25) is 5.02 Å². The Morgan fingerprint density at radius 3 is 2.70 bits per heavy atom. The van der Waals surface area contributed by atoms with Gasteiger partial charge in [-0.05, 0) is 54.7 Å². The maximum Gasteiger partial charge on any atom is 0.338 e. The van der Waals surface area contributed by atoms with E-state index in [1.54, 1.807) is 6.07 Å². The van der Waals surface area contributed by atoms with E-state index >= 15 is 0 Å². The fourth-order valence-corrected chi connectivity index (χ4v) is 4.90. The summed E-state index contributed by atoms with van der Waals surface area (Å²) in [5.74, 6) is -1.05. The lowest BCUT2D eigenvalue weighted by Crippen LogP contribution is -2.32. The van der Waals surface area contributed by atoms with E-state index in [1.165, 1.54) is 12.1 Å². The summed E-state index contributed by atoms with van der Waals surface area (Å²) in [4.78, 5) is 24.4. The highest BCUT2D eigenvalue weighted by Gasteiger charge is 2.24. The normalized spacial score (nSPS) is 16.1. The molecule has 10 heteroatoms. The van der Waals surface area contributed by atoms with Gasteiger partial charge in [0.15, 0.2) is 6.61 Å². The molecule has 1 fully saturated rings. The number of carbonyl (C=O) groups is 2. The highest BCUT2D eigenvalue weighted by atomic mass is 35.5. The zero-order chi connectivity index (χ0) is 24.0. The lowest BCUT2D eigenvalue weighted by molar-refractivity contribution is -0.119. The van der Waals surface area contributed by atoms with Gasteiger partial charge in [-0.3, -0.25) is 4.79 Å². The summed E-state index contributed by atoms with van der Waals surface area (Å²) in [7, 11) is -3.97. The van der Waals surface area contributed by atoms with Crippen LogP contribution in [-0.2, 0) is 24.3 Å². The van der Waals surface area contributed by atoms with Crippen LogP contribution in [-0.4, -0.2) is 46.2 Å². The van der Waals surface area contributed by atoms with Crippen LogP contribution in [0.5, 0.6) is 0 Å². The highest BCUT2D eigenvalue weighted by Crippen LogP contribution is 2.24. The molecule has 0 spiro atoms. The van der Waals surface area contributed by atoms with Gasteiger partial charge in [-0.15, -0.1) is 0 Å². The van der Waals surface area contributed by atoms with Crippen LogP contribution in [0.4, 0.5) is 5.69 Å². The first kappa shape index (κ1) is 25.2. The molecule has 2 aromatic carbocycles. The Morgan fingerprint density at radius 1 is 1.21 bits per heavy atom. The number of rotatable bonds is 9. The first-order valence-corrected chi connectivity index (χ1v) is 12.5. The van der Waals surface area contributed by atoms with Crippen molar-refractivity contribution in [1.29, 1.82) is 0 Å². The summed E-state index contributed by atoms with van der Waals surface area (Å²) in [5, 5.41) is 2.64. The molecule has 2 N–H and O–H groups in total. The molecule has 1 unspecified atom stereocenters. The smallest absolute Gasteiger partial charge is 0.338 e. The van der Waals surface area contributed by atoms with Crippen LogP contribution in [0, 0.1) is 0 Å². The monoisotopic (exact) mass is 494 g/mol. The minimum atomic E-state index is -3.97. The van der Waals surface area contributed by atoms with Crippen molar-refractivity contribution in [3.63, 3.8) is 0 Å². The number of halogens is 1. The average molecular weight is 495 g/mol. The lowest BCUT2D eigenvalue weighted by Gasteiger charge is -2.13. The predicted molar refractivity (Wildman–Crippen MR) is 125 cm³/mol. The molecule has 1 aliphatic heterocycles. The third-order valence-electron chi connectivity index (χ3n) is 5.15. The Kier molecular flexibility index (Phi) is 8.47. The van der Waals surface area contributed by atoms with Gasteiger partial charge in [0.2, 0.25) is 10.0 Å². The summed E-state index contributed by atoms with van der Waals surface area (Å²) in [6.45, 7) is 4.28. The van der Waals surface area contributed by atoms with Gasteiger partial charge in [-0.1, -0.05) is 37.6 Å². The second-order valence-corrected chi connectivity index (χ2v) is 10.2. The maximum atomic E-state index is 12.7. The lowest BCUT2D eigenvalue weighted by atomic mass is 10.0. The third kappa shape index (κ3) is 7.01. The van der Waals surface area contributed by atoms with Crippen molar-refractivity contribution in [1.82, 2.24) is 4.72 Å². The average Bonchev–Trinajstić information content (AvgIpc) is 3.30. The van der Waals surface area contributed by atoms with Crippen molar-refractivity contribution in [2.45, 2.75) is 43.6 Å². The van der Waals surface area contributed by atoms with Crippen molar-refractivity contribution in [2.75, 3.05) is 25.1 Å². The standard InChI is InChI=1S/C23H27ClN2O6S/c1-15(2)16-5-3-6-18(11-16)26-22(27)14-32-23(28)17-8-9-20(24)21(12-17)33(29,30)25-13-19-7-4-10-31-19/h3,5-6,8-9,11-12,15,19,25H,4,7,10,13-14H2,1-2H3,(H,26,27). The highest BCUT2D eigenvalue weighted by molar-refractivity contribution is 7.89. The summed E-state index contributed by atoms with van der Waals surface area (Å²) in [5.41, 5.74) is 1.62. The molecule has 1 aliphatic rings. The number of amides is 1. The predicted octanol–water partition coefficient (Wildman–Crippen LogP) is 3.72. The van der Waals surface area contributed by atoms with Gasteiger partial charge in [-0.2, -0.15) is 0 Å². The second-order valence-electron chi connectivity index (χ2n) is 8.04. The Labute approximate surface area is 198 Å². The summed E-state index contributed by atoms with van der Waals surface area (Å²) >= 11 is 6.07. The van der Waals surface area contributed by atoms with Crippen LogP contribution in [0.25, 0.3) is 0 Å². The molecule has 1 amide bonds. The summed E-state index contributed by atoms with van der Waals surface area (Å²) in [6.07, 6.45) is 1.46. The molecule has 0 saturated carbocycles. The van der Waals surface area contributed by atoms with Crippen molar-refractivity contribution < 1.29 is 27.5 Å². The number of esters is 1. The third-order valence-corrected chi connectivity index (χ3v) is 7.06. The van der Waals surface area contributed by atoms with Crippen LogP contribution in [0.3, 0.4) is 0 Å². The van der Waals surface area contributed by atoms with Gasteiger partial charge in [0, 0.05) is 18.8 Å². The molecule has 0 radical (unpaired) electrons. The maximum absolute atomic E-state index is 12.7. The minimum absolute atomic E-state index is 0.0332. The first-order valence-electron chi connectivity index (χ1n) is 10.6. The molecule has 33 heavy (non-hydrogen) atoms. The number of benzene rings is 2. The number of hydrogen-bond acceptors (Lipinski definition) is 6. The molecule has 1 atom stereocenters. The molecule has 8 nitrogen and oxygen atoms in total. The van der Waals surface area contributed by atoms with Gasteiger partial charge >= 0.3 is 5.97 Å². The van der Waals surface area contributed by atoms with Crippen molar-refractivity contribution >= 4 is 39.2 Å². The first-order chi connectivity index (χ1) is 15.7. The van der Waals surface area contributed by atoms with Crippen molar-refractivity contribution in [3.05, 3.63) is 58.6 Å². The number of carbonyl (C=O) groups excluding carboxylic acids is 2. The van der Waals surface area contributed by atoms with Gasteiger partial charge < -0.3 is 14.8 Å². The topological polar surface area (TPSA) is 111 Å². The molecular weight excluding hydrogens is 468 g/mol. The van der Waals surface area contributed by atoms with E-state index in [9.17, 15) is 18.0 Å². The SMILES string of the molecule is CC(C)c1cccc(NC(=O)COC(=O)c2ccc(Cl)c(S(=O)(=O)NCC3CCCO3)c2)c1. The number of ether oxygens (including phenoxy) is 2. The summed E-state index contributed by atoms with van der Waals surface area (Å²) in [6, 6.07) is 11.2. The fourth-order valence-electron chi connectivity index (χ4n) is 3.31. The van der Waals surface area contributed by atoms with E-state index in [0.29, 0.717) is 18.2 Å². The zero-order valence-electron chi connectivity index (χ0n) is 18.5. The minimum Gasteiger partial charge on any atom is -0.452 e. The molecule has 0 aliphatic carbocycles.